The molecular weight excluding hydrogens is 524 g/mol. The Balaban J connectivity index is 1.53. The number of nitro groups is 1. The van der Waals surface area contributed by atoms with Gasteiger partial charge < -0.3 is 19.2 Å². The van der Waals surface area contributed by atoms with Gasteiger partial charge in [-0.05, 0) is 35.9 Å². The molecule has 0 radical (unpaired) electrons. The van der Waals surface area contributed by atoms with Crippen LogP contribution in [0.1, 0.15) is 11.1 Å². The summed E-state index contributed by atoms with van der Waals surface area (Å²) in [5, 5.41) is 16.0. The van der Waals surface area contributed by atoms with Gasteiger partial charge in [-0.25, -0.2) is 4.79 Å². The maximum atomic E-state index is 12.8. The minimum Gasteiger partial charge on any atom is -0.481 e. The molecule has 11 nitrogen and oxygen atoms in total. The van der Waals surface area contributed by atoms with Gasteiger partial charge in [0.25, 0.3) is 5.56 Å². The van der Waals surface area contributed by atoms with Crippen LogP contribution in [0.25, 0.3) is 10.9 Å². The summed E-state index contributed by atoms with van der Waals surface area (Å²) in [6.45, 7) is 0.0994. The van der Waals surface area contributed by atoms with Crippen molar-refractivity contribution in [3.05, 3.63) is 101 Å². The number of benzene rings is 3. The normalized spacial score (nSPS) is 12.4. The molecule has 1 aromatic heterocycles. The number of aromatic amines is 1. The van der Waals surface area contributed by atoms with Gasteiger partial charge in [-0.15, -0.1) is 4.68 Å². The monoisotopic (exact) mass is 538 g/mol. The van der Waals surface area contributed by atoms with Crippen LogP contribution in [0.15, 0.2) is 73.8 Å². The molecule has 1 aliphatic heterocycles. The van der Waals surface area contributed by atoms with Crippen molar-refractivity contribution in [1.82, 2.24) is 9.66 Å². The highest BCUT2D eigenvalue weighted by atomic mass is 79.9. The third-order valence-corrected chi connectivity index (χ3v) is 5.63. The van der Waals surface area contributed by atoms with Crippen LogP contribution in [0.5, 0.6) is 17.2 Å². The molecule has 0 atom stereocenters. The predicted octanol–water partition coefficient (Wildman–Crippen LogP) is 3.55. The van der Waals surface area contributed by atoms with Crippen molar-refractivity contribution in [2.45, 2.75) is 6.61 Å². The summed E-state index contributed by atoms with van der Waals surface area (Å²) >= 11 is 3.24. The Morgan fingerprint density at radius 3 is 2.77 bits per heavy atom. The first-order chi connectivity index (χ1) is 16.9. The van der Waals surface area contributed by atoms with E-state index in [2.05, 4.69) is 26.0 Å². The second-order valence-corrected chi connectivity index (χ2v) is 8.33. The van der Waals surface area contributed by atoms with E-state index >= 15 is 0 Å². The maximum Gasteiger partial charge on any atom is 0.349 e. The van der Waals surface area contributed by atoms with E-state index in [4.69, 9.17) is 14.2 Å². The van der Waals surface area contributed by atoms with E-state index in [1.165, 1.54) is 12.1 Å². The number of hydrogen-bond donors (Lipinski definition) is 1. The van der Waals surface area contributed by atoms with Crippen LogP contribution in [0.3, 0.4) is 0 Å². The molecule has 3 aromatic carbocycles. The zero-order valence-corrected chi connectivity index (χ0v) is 19.4. The van der Waals surface area contributed by atoms with Crippen molar-refractivity contribution in [2.75, 3.05) is 6.79 Å². The molecule has 12 heteroatoms. The van der Waals surface area contributed by atoms with Gasteiger partial charge in [0.05, 0.1) is 22.0 Å². The first kappa shape index (κ1) is 22.3. The van der Waals surface area contributed by atoms with E-state index < -0.39 is 16.2 Å². The average Bonchev–Trinajstić information content (AvgIpc) is 3.31. The van der Waals surface area contributed by atoms with Crippen LogP contribution in [0.2, 0.25) is 0 Å². The summed E-state index contributed by atoms with van der Waals surface area (Å²) in [7, 11) is 0. The molecule has 35 heavy (non-hydrogen) atoms. The van der Waals surface area contributed by atoms with Crippen molar-refractivity contribution in [3.8, 4) is 17.2 Å². The van der Waals surface area contributed by atoms with Gasteiger partial charge in [-0.2, -0.15) is 5.10 Å². The summed E-state index contributed by atoms with van der Waals surface area (Å²) in [6.07, 6.45) is 1.16. The number of fused-ring (bicyclic) bond motifs is 2. The second kappa shape index (κ2) is 9.06. The number of H-pyrrole nitrogens is 1. The molecule has 2 heterocycles. The summed E-state index contributed by atoms with van der Waals surface area (Å²) in [5.74, 6) is 1.07. The van der Waals surface area contributed by atoms with Crippen molar-refractivity contribution >= 4 is 38.7 Å². The van der Waals surface area contributed by atoms with E-state index in [1.807, 2.05) is 0 Å². The number of nitrogens with one attached hydrogen (secondary N) is 1. The van der Waals surface area contributed by atoms with E-state index in [0.29, 0.717) is 31.7 Å². The van der Waals surface area contributed by atoms with Crippen LogP contribution in [-0.4, -0.2) is 27.6 Å². The van der Waals surface area contributed by atoms with Crippen molar-refractivity contribution in [3.63, 3.8) is 0 Å². The van der Waals surface area contributed by atoms with Gasteiger partial charge in [-0.3, -0.25) is 14.9 Å². The Morgan fingerprint density at radius 1 is 1.14 bits per heavy atom. The van der Waals surface area contributed by atoms with E-state index in [-0.39, 0.29) is 35.8 Å². The molecular formula is C23H15BrN4O7. The zero-order chi connectivity index (χ0) is 24.5. The lowest BCUT2D eigenvalue weighted by Crippen LogP contribution is -2.32. The molecule has 1 aliphatic rings. The number of nitro benzene ring substituents is 1. The molecule has 0 aliphatic carbocycles. The van der Waals surface area contributed by atoms with Crippen molar-refractivity contribution < 1.29 is 19.1 Å². The van der Waals surface area contributed by atoms with E-state index in [0.717, 1.165) is 6.21 Å². The first-order valence-electron chi connectivity index (χ1n) is 10.2. The molecule has 1 N–H and O–H groups in total. The first-order valence-corrected chi connectivity index (χ1v) is 11.0. The smallest absolute Gasteiger partial charge is 0.349 e. The van der Waals surface area contributed by atoms with Crippen molar-refractivity contribution in [2.24, 2.45) is 5.10 Å². The Bertz CT molecular complexity index is 1630. The number of halogens is 1. The Hall–Kier alpha value is -4.45. The van der Waals surface area contributed by atoms with Gasteiger partial charge in [0.2, 0.25) is 12.5 Å². The van der Waals surface area contributed by atoms with Gasteiger partial charge in [0, 0.05) is 16.1 Å². The molecule has 0 bridgehead atoms. The molecule has 0 amide bonds. The Labute approximate surface area is 204 Å². The zero-order valence-electron chi connectivity index (χ0n) is 17.8. The highest BCUT2D eigenvalue weighted by Gasteiger charge is 2.21. The van der Waals surface area contributed by atoms with Gasteiger partial charge >= 0.3 is 11.4 Å². The summed E-state index contributed by atoms with van der Waals surface area (Å²) in [4.78, 5) is 38.9. The van der Waals surface area contributed by atoms with E-state index in [1.54, 1.807) is 42.5 Å². The molecule has 0 saturated heterocycles. The van der Waals surface area contributed by atoms with E-state index in [9.17, 15) is 19.7 Å². The fourth-order valence-corrected chi connectivity index (χ4v) is 4.02. The van der Waals surface area contributed by atoms with Gasteiger partial charge in [-0.1, -0.05) is 34.1 Å². The molecule has 0 unspecified atom stereocenters. The standard InChI is InChI=1S/C23H15BrN4O7/c24-15-8-14(10-25-27-22(29)16-3-1-2-4-17(16)26-23(27)30)21(18(9-15)28(31)32)33-11-13-5-6-19-20(7-13)35-12-34-19/h1-10H,11-12H2,(H,26,30). The second-order valence-electron chi connectivity index (χ2n) is 7.41. The predicted molar refractivity (Wildman–Crippen MR) is 130 cm³/mol. The molecule has 4 aromatic rings. The van der Waals surface area contributed by atoms with Crippen LogP contribution in [0, 0.1) is 10.1 Å². The summed E-state index contributed by atoms with van der Waals surface area (Å²) < 4.78 is 17.5. The van der Waals surface area contributed by atoms with Gasteiger partial charge in [0.15, 0.2) is 11.5 Å². The minimum atomic E-state index is -0.753. The van der Waals surface area contributed by atoms with Crippen LogP contribution in [0.4, 0.5) is 5.69 Å². The lowest BCUT2D eigenvalue weighted by atomic mass is 10.1. The fraction of sp³-hybridized carbons (Fsp3) is 0.0870. The summed E-state index contributed by atoms with van der Waals surface area (Å²) in [5.41, 5.74) is -0.450. The highest BCUT2D eigenvalue weighted by Crippen LogP contribution is 2.36. The molecule has 5 rings (SSSR count). The number of rotatable bonds is 6. The van der Waals surface area contributed by atoms with Crippen LogP contribution >= 0.6 is 15.9 Å². The molecule has 176 valence electrons. The Morgan fingerprint density at radius 2 is 1.94 bits per heavy atom. The largest absolute Gasteiger partial charge is 0.481 e. The number of ether oxygens (including phenoxy) is 3. The third kappa shape index (κ3) is 4.38. The number of para-hydroxylation sites is 1. The number of nitrogens with zero attached hydrogens (tertiary/aromatic N) is 3. The van der Waals surface area contributed by atoms with Gasteiger partial charge in [0.1, 0.15) is 6.61 Å². The summed E-state index contributed by atoms with van der Waals surface area (Å²) in [6, 6.07) is 14.5. The van der Waals surface area contributed by atoms with Crippen molar-refractivity contribution in [1.29, 1.82) is 0 Å². The lowest BCUT2D eigenvalue weighted by Gasteiger charge is -2.11. The lowest BCUT2D eigenvalue weighted by molar-refractivity contribution is -0.386. The molecule has 0 saturated carbocycles. The quantitative estimate of drug-likeness (QED) is 0.225. The highest BCUT2D eigenvalue weighted by molar-refractivity contribution is 9.10. The fourth-order valence-electron chi connectivity index (χ4n) is 3.55. The molecule has 0 fully saturated rings. The third-order valence-electron chi connectivity index (χ3n) is 5.18. The number of hydrogen-bond acceptors (Lipinski definition) is 8. The number of aromatic nitrogens is 2. The minimum absolute atomic E-state index is 0.0174. The Kier molecular flexibility index (Phi) is 5.79. The average molecular weight is 539 g/mol. The van der Waals surface area contributed by atoms with Crippen LogP contribution in [-0.2, 0) is 6.61 Å². The van der Waals surface area contributed by atoms with Crippen LogP contribution < -0.4 is 25.5 Å². The maximum absolute atomic E-state index is 12.8. The topological polar surface area (TPSA) is 138 Å². The molecule has 0 spiro atoms. The SMILES string of the molecule is O=c1[nH]c2ccccc2c(=O)n1N=Cc1cc(Br)cc([N+](=O)[O-])c1OCc1ccc2c(c1)OCO2.